The number of rotatable bonds is 5. The average Bonchev–Trinajstić information content (AvgIpc) is 2.68. The molecule has 0 amide bonds. The van der Waals surface area contributed by atoms with Crippen LogP contribution in [0.5, 0.6) is 0 Å². The Morgan fingerprint density at radius 1 is 1.40 bits per heavy atom. The van der Waals surface area contributed by atoms with Crippen LogP contribution in [0.25, 0.3) is 0 Å². The van der Waals surface area contributed by atoms with Crippen LogP contribution in [0.15, 0.2) is 24.3 Å². The normalized spacial score (nSPS) is 19.1. The van der Waals surface area contributed by atoms with E-state index in [1.807, 2.05) is 0 Å². The van der Waals surface area contributed by atoms with Gasteiger partial charge in [-0.05, 0) is 49.0 Å². The molecule has 1 aromatic carbocycles. The summed E-state index contributed by atoms with van der Waals surface area (Å²) in [6.45, 7) is 0.993. The summed E-state index contributed by atoms with van der Waals surface area (Å²) in [5, 5.41) is 3.55. The standard InChI is InChI=1S/C12H17NOS/c14-15-9-3-8-13-12-7-6-10-4-1-2-5-11(10)12/h1-2,4-5,12-14H,3,6-9H2. The predicted molar refractivity (Wildman–Crippen MR) is 65.2 cm³/mol. The number of hydrogen-bond acceptors (Lipinski definition) is 3. The zero-order chi connectivity index (χ0) is 10.5. The zero-order valence-corrected chi connectivity index (χ0v) is 9.59. The lowest BCUT2D eigenvalue weighted by Gasteiger charge is -2.13. The van der Waals surface area contributed by atoms with Crippen LogP contribution in [-0.4, -0.2) is 16.9 Å². The molecule has 0 aliphatic heterocycles. The lowest BCUT2D eigenvalue weighted by atomic mass is 10.1. The van der Waals surface area contributed by atoms with Crippen LogP contribution >= 0.6 is 12.0 Å². The second-order valence-corrected chi connectivity index (χ2v) is 4.60. The van der Waals surface area contributed by atoms with Crippen molar-refractivity contribution >= 4 is 12.0 Å². The van der Waals surface area contributed by atoms with Crippen LogP contribution in [0.3, 0.4) is 0 Å². The molecule has 0 aromatic heterocycles. The summed E-state index contributed by atoms with van der Waals surface area (Å²) >= 11 is 0.930. The van der Waals surface area contributed by atoms with Crippen molar-refractivity contribution in [1.82, 2.24) is 5.32 Å². The summed E-state index contributed by atoms with van der Waals surface area (Å²) in [5.74, 6) is 0.821. The molecule has 1 aromatic rings. The van der Waals surface area contributed by atoms with Gasteiger partial charge >= 0.3 is 0 Å². The Morgan fingerprint density at radius 2 is 2.27 bits per heavy atom. The molecule has 15 heavy (non-hydrogen) atoms. The highest BCUT2D eigenvalue weighted by atomic mass is 32.2. The van der Waals surface area contributed by atoms with Crippen LogP contribution in [0.2, 0.25) is 0 Å². The predicted octanol–water partition coefficient (Wildman–Crippen LogP) is 2.86. The maximum Gasteiger partial charge on any atom is 0.0326 e. The van der Waals surface area contributed by atoms with Crippen molar-refractivity contribution < 1.29 is 4.55 Å². The third-order valence-electron chi connectivity index (χ3n) is 2.94. The molecule has 0 bridgehead atoms. The van der Waals surface area contributed by atoms with E-state index >= 15 is 0 Å². The summed E-state index contributed by atoms with van der Waals surface area (Å²) < 4.78 is 8.60. The molecule has 1 unspecified atom stereocenters. The Balaban J connectivity index is 1.85. The minimum absolute atomic E-state index is 0.532. The summed E-state index contributed by atoms with van der Waals surface area (Å²) in [6, 6.07) is 9.21. The van der Waals surface area contributed by atoms with E-state index in [0.29, 0.717) is 6.04 Å². The highest BCUT2D eigenvalue weighted by Crippen LogP contribution is 2.30. The van der Waals surface area contributed by atoms with Crippen molar-refractivity contribution in [2.45, 2.75) is 25.3 Å². The van der Waals surface area contributed by atoms with Gasteiger partial charge in [0.05, 0.1) is 0 Å². The third kappa shape index (κ3) is 2.74. The monoisotopic (exact) mass is 223 g/mol. The molecule has 82 valence electrons. The van der Waals surface area contributed by atoms with Gasteiger partial charge in [0.2, 0.25) is 0 Å². The van der Waals surface area contributed by atoms with Gasteiger partial charge in [-0.15, -0.1) is 0 Å². The first kappa shape index (κ1) is 11.0. The van der Waals surface area contributed by atoms with Crippen LogP contribution < -0.4 is 5.32 Å². The molecule has 2 N–H and O–H groups in total. The van der Waals surface area contributed by atoms with E-state index in [1.165, 1.54) is 24.0 Å². The van der Waals surface area contributed by atoms with Gasteiger partial charge in [-0.3, -0.25) is 0 Å². The maximum absolute atomic E-state index is 8.60. The molecule has 0 saturated carbocycles. The third-order valence-corrected chi connectivity index (χ3v) is 3.41. The van der Waals surface area contributed by atoms with E-state index in [-0.39, 0.29) is 0 Å². The number of hydrogen-bond donors (Lipinski definition) is 2. The van der Waals surface area contributed by atoms with Gasteiger partial charge in [0.15, 0.2) is 0 Å². The lowest BCUT2D eigenvalue weighted by Crippen LogP contribution is -2.20. The molecule has 0 fully saturated rings. The Bertz CT molecular complexity index is 316. The highest BCUT2D eigenvalue weighted by molar-refractivity contribution is 7.93. The van der Waals surface area contributed by atoms with E-state index in [9.17, 15) is 0 Å². The molecule has 2 rings (SSSR count). The van der Waals surface area contributed by atoms with E-state index in [0.717, 1.165) is 30.8 Å². The Hall–Kier alpha value is -0.510. The fourth-order valence-electron chi connectivity index (χ4n) is 2.18. The van der Waals surface area contributed by atoms with Crippen LogP contribution in [0, 0.1) is 0 Å². The Morgan fingerprint density at radius 3 is 3.13 bits per heavy atom. The first-order valence-electron chi connectivity index (χ1n) is 5.49. The van der Waals surface area contributed by atoms with Gasteiger partial charge < -0.3 is 9.87 Å². The van der Waals surface area contributed by atoms with Crippen LogP contribution in [0.4, 0.5) is 0 Å². The van der Waals surface area contributed by atoms with Gasteiger partial charge in [-0.25, -0.2) is 0 Å². The summed E-state index contributed by atoms with van der Waals surface area (Å²) in [4.78, 5) is 0. The van der Waals surface area contributed by atoms with Crippen molar-refractivity contribution in [3.63, 3.8) is 0 Å². The summed E-state index contributed by atoms with van der Waals surface area (Å²) in [5.41, 5.74) is 2.96. The molecule has 0 radical (unpaired) electrons. The second-order valence-electron chi connectivity index (χ2n) is 3.93. The summed E-state index contributed by atoms with van der Waals surface area (Å²) in [6.07, 6.45) is 3.44. The summed E-state index contributed by atoms with van der Waals surface area (Å²) in [7, 11) is 0. The lowest BCUT2D eigenvalue weighted by molar-refractivity contribution is 0.529. The molecule has 0 spiro atoms. The minimum atomic E-state index is 0.532. The fraction of sp³-hybridized carbons (Fsp3) is 0.500. The maximum atomic E-state index is 8.60. The van der Waals surface area contributed by atoms with Gasteiger partial charge in [-0.2, -0.15) is 0 Å². The molecular formula is C12H17NOS. The largest absolute Gasteiger partial charge is 0.330 e. The molecule has 3 heteroatoms. The SMILES string of the molecule is OSCCCNC1CCc2ccccc21. The molecule has 1 aliphatic carbocycles. The first-order valence-corrected chi connectivity index (χ1v) is 6.43. The van der Waals surface area contributed by atoms with E-state index in [4.69, 9.17) is 4.55 Å². The highest BCUT2D eigenvalue weighted by Gasteiger charge is 2.20. The molecule has 1 aliphatic rings. The zero-order valence-electron chi connectivity index (χ0n) is 8.78. The van der Waals surface area contributed by atoms with Crippen LogP contribution in [0.1, 0.15) is 30.0 Å². The van der Waals surface area contributed by atoms with Crippen molar-refractivity contribution in [3.8, 4) is 0 Å². The Kier molecular flexibility index (Phi) is 4.06. The van der Waals surface area contributed by atoms with E-state index in [2.05, 4.69) is 29.6 Å². The van der Waals surface area contributed by atoms with Gasteiger partial charge in [0, 0.05) is 11.8 Å². The van der Waals surface area contributed by atoms with Crippen molar-refractivity contribution in [2.75, 3.05) is 12.3 Å². The topological polar surface area (TPSA) is 32.3 Å². The molecule has 0 heterocycles. The molecular weight excluding hydrogens is 206 g/mol. The second kappa shape index (κ2) is 5.54. The quantitative estimate of drug-likeness (QED) is 0.594. The van der Waals surface area contributed by atoms with Gasteiger partial charge in [-0.1, -0.05) is 24.3 Å². The van der Waals surface area contributed by atoms with Crippen LogP contribution in [-0.2, 0) is 6.42 Å². The molecule has 0 saturated heterocycles. The van der Waals surface area contributed by atoms with Crippen molar-refractivity contribution in [3.05, 3.63) is 35.4 Å². The number of aryl methyl sites for hydroxylation is 1. The van der Waals surface area contributed by atoms with Crippen molar-refractivity contribution in [1.29, 1.82) is 0 Å². The number of nitrogens with one attached hydrogen (secondary N) is 1. The number of benzene rings is 1. The fourth-order valence-corrected chi connectivity index (χ4v) is 2.46. The molecule has 2 nitrogen and oxygen atoms in total. The van der Waals surface area contributed by atoms with Gasteiger partial charge in [0.25, 0.3) is 0 Å². The molecule has 1 atom stereocenters. The van der Waals surface area contributed by atoms with E-state index in [1.54, 1.807) is 0 Å². The first-order chi connectivity index (χ1) is 7.42. The van der Waals surface area contributed by atoms with Gasteiger partial charge in [0.1, 0.15) is 0 Å². The van der Waals surface area contributed by atoms with Crippen molar-refractivity contribution in [2.24, 2.45) is 0 Å². The minimum Gasteiger partial charge on any atom is -0.330 e. The van der Waals surface area contributed by atoms with E-state index < -0.39 is 0 Å². The average molecular weight is 223 g/mol. The number of fused-ring (bicyclic) bond motifs is 1. The smallest absolute Gasteiger partial charge is 0.0326 e. The Labute approximate surface area is 95.3 Å².